The molecule has 58 valence electrons. The first-order chi connectivity index (χ1) is 4.81. The number of hydrogen-bond donors (Lipinski definition) is 0. The van der Waals surface area contributed by atoms with Gasteiger partial charge in [-0.3, -0.25) is 0 Å². The molecule has 0 saturated carbocycles. The van der Waals surface area contributed by atoms with E-state index in [2.05, 4.69) is 6.58 Å². The highest BCUT2D eigenvalue weighted by Crippen LogP contribution is 1.96. The maximum Gasteiger partial charge on any atom is 0.122 e. The minimum atomic E-state index is -0.262. The van der Waals surface area contributed by atoms with Crippen LogP contribution in [0.1, 0.15) is 20.8 Å². The van der Waals surface area contributed by atoms with Crippen molar-refractivity contribution in [2.75, 3.05) is 0 Å². The second-order valence-electron chi connectivity index (χ2n) is 1.29. The second kappa shape index (κ2) is 11.0. The van der Waals surface area contributed by atoms with Gasteiger partial charge in [0.25, 0.3) is 0 Å². The van der Waals surface area contributed by atoms with Crippen LogP contribution in [0.5, 0.6) is 0 Å². The standard InChI is InChI=1S/C7H9F.C2H6/c1-3-5-7(8)6-4-2;1-2/h3-6H,1H2,2H3;1-2H3/b6-4-,7-5+;. The molecule has 0 unspecified atom stereocenters. The molecule has 0 bridgehead atoms. The Balaban J connectivity index is 0. The summed E-state index contributed by atoms with van der Waals surface area (Å²) in [5.41, 5.74) is 0. The van der Waals surface area contributed by atoms with E-state index < -0.39 is 0 Å². The Morgan fingerprint density at radius 3 is 2.20 bits per heavy atom. The second-order valence-corrected chi connectivity index (χ2v) is 1.29. The van der Waals surface area contributed by atoms with Crippen molar-refractivity contribution >= 4 is 0 Å². The topological polar surface area (TPSA) is 0 Å². The molecule has 0 aromatic heterocycles. The van der Waals surface area contributed by atoms with Crippen LogP contribution < -0.4 is 0 Å². The highest BCUT2D eigenvalue weighted by atomic mass is 19.1. The lowest BCUT2D eigenvalue weighted by Gasteiger charge is -1.77. The van der Waals surface area contributed by atoms with Gasteiger partial charge in [0.05, 0.1) is 0 Å². The fraction of sp³-hybridized carbons (Fsp3) is 0.333. The first-order valence-electron chi connectivity index (χ1n) is 3.42. The molecule has 0 saturated heterocycles. The summed E-state index contributed by atoms with van der Waals surface area (Å²) in [4.78, 5) is 0. The van der Waals surface area contributed by atoms with Crippen LogP contribution in [-0.2, 0) is 0 Å². The molecule has 0 fully saturated rings. The van der Waals surface area contributed by atoms with Crippen molar-refractivity contribution in [2.45, 2.75) is 20.8 Å². The molecular weight excluding hydrogens is 127 g/mol. The Morgan fingerprint density at radius 1 is 1.40 bits per heavy atom. The molecule has 0 aliphatic carbocycles. The molecule has 0 nitrogen and oxygen atoms in total. The first kappa shape index (κ1) is 11.9. The molecule has 0 aromatic carbocycles. The third kappa shape index (κ3) is 10.2. The molecule has 0 amide bonds. The molecule has 1 heteroatoms. The van der Waals surface area contributed by atoms with Crippen molar-refractivity contribution in [1.82, 2.24) is 0 Å². The van der Waals surface area contributed by atoms with Gasteiger partial charge in [-0.1, -0.05) is 32.6 Å². The van der Waals surface area contributed by atoms with E-state index in [1.807, 2.05) is 13.8 Å². The Bertz CT molecular complexity index is 121. The Labute approximate surface area is 62.8 Å². The lowest BCUT2D eigenvalue weighted by Crippen LogP contribution is -1.58. The molecule has 10 heavy (non-hydrogen) atoms. The monoisotopic (exact) mass is 142 g/mol. The fourth-order valence-corrected chi connectivity index (χ4v) is 0.327. The molecular formula is C9H15F. The summed E-state index contributed by atoms with van der Waals surface area (Å²) in [6.07, 6.45) is 5.73. The fourth-order valence-electron chi connectivity index (χ4n) is 0.327. The molecule has 0 atom stereocenters. The number of allylic oxidation sites excluding steroid dienone is 5. The summed E-state index contributed by atoms with van der Waals surface area (Å²) in [5.74, 6) is -0.262. The van der Waals surface area contributed by atoms with Gasteiger partial charge in [0.2, 0.25) is 0 Å². The van der Waals surface area contributed by atoms with Crippen LogP contribution in [0.4, 0.5) is 4.39 Å². The normalized spacial score (nSPS) is 10.6. The van der Waals surface area contributed by atoms with Crippen LogP contribution in [0.2, 0.25) is 0 Å². The van der Waals surface area contributed by atoms with E-state index in [-0.39, 0.29) is 5.83 Å². The molecule has 0 aliphatic heterocycles. The maximum atomic E-state index is 12.1. The van der Waals surface area contributed by atoms with Gasteiger partial charge in [-0.2, -0.15) is 0 Å². The van der Waals surface area contributed by atoms with Gasteiger partial charge in [0, 0.05) is 0 Å². The third-order valence-electron chi connectivity index (χ3n) is 0.603. The average molecular weight is 142 g/mol. The van der Waals surface area contributed by atoms with Crippen LogP contribution in [-0.4, -0.2) is 0 Å². The Kier molecular flexibility index (Phi) is 13.1. The van der Waals surface area contributed by atoms with Crippen LogP contribution in [0.25, 0.3) is 0 Å². The minimum Gasteiger partial charge on any atom is -0.207 e. The van der Waals surface area contributed by atoms with Gasteiger partial charge < -0.3 is 0 Å². The molecule has 0 radical (unpaired) electrons. The minimum absolute atomic E-state index is 0.262. The molecule has 0 aliphatic rings. The zero-order valence-electron chi connectivity index (χ0n) is 6.89. The third-order valence-corrected chi connectivity index (χ3v) is 0.603. The largest absolute Gasteiger partial charge is 0.207 e. The van der Waals surface area contributed by atoms with Crippen molar-refractivity contribution in [3.8, 4) is 0 Å². The highest BCUT2D eigenvalue weighted by molar-refractivity contribution is 5.15. The van der Waals surface area contributed by atoms with Gasteiger partial charge in [-0.05, 0) is 19.1 Å². The van der Waals surface area contributed by atoms with Crippen LogP contribution >= 0.6 is 0 Å². The van der Waals surface area contributed by atoms with Gasteiger partial charge in [0.15, 0.2) is 0 Å². The molecule has 0 aromatic rings. The summed E-state index contributed by atoms with van der Waals surface area (Å²) in [7, 11) is 0. The van der Waals surface area contributed by atoms with E-state index >= 15 is 0 Å². The number of rotatable bonds is 2. The van der Waals surface area contributed by atoms with Gasteiger partial charge >= 0.3 is 0 Å². The molecule has 0 N–H and O–H groups in total. The van der Waals surface area contributed by atoms with Gasteiger partial charge in [-0.25, -0.2) is 4.39 Å². The lowest BCUT2D eigenvalue weighted by atomic mass is 10.4. The van der Waals surface area contributed by atoms with E-state index in [4.69, 9.17) is 0 Å². The summed E-state index contributed by atoms with van der Waals surface area (Å²) in [5, 5.41) is 0. The predicted octanol–water partition coefficient (Wildman–Crippen LogP) is 3.63. The zero-order chi connectivity index (χ0) is 8.41. The van der Waals surface area contributed by atoms with Crippen molar-refractivity contribution in [2.24, 2.45) is 0 Å². The van der Waals surface area contributed by atoms with E-state index in [0.717, 1.165) is 0 Å². The summed E-state index contributed by atoms with van der Waals surface area (Å²) in [6.45, 7) is 9.09. The van der Waals surface area contributed by atoms with Crippen molar-refractivity contribution in [3.63, 3.8) is 0 Å². The van der Waals surface area contributed by atoms with E-state index in [1.54, 1.807) is 13.0 Å². The van der Waals surface area contributed by atoms with Crippen LogP contribution in [0, 0.1) is 0 Å². The summed E-state index contributed by atoms with van der Waals surface area (Å²) >= 11 is 0. The van der Waals surface area contributed by atoms with E-state index in [9.17, 15) is 4.39 Å². The van der Waals surface area contributed by atoms with Crippen molar-refractivity contribution in [3.05, 3.63) is 36.7 Å². The van der Waals surface area contributed by atoms with E-state index in [0.29, 0.717) is 0 Å². The lowest BCUT2D eigenvalue weighted by molar-refractivity contribution is 0.667. The quantitative estimate of drug-likeness (QED) is 0.516. The van der Waals surface area contributed by atoms with Gasteiger partial charge in [0.1, 0.15) is 5.83 Å². The average Bonchev–Trinajstić information content (AvgIpc) is 1.93. The SMILES string of the molecule is C=C/C=C(F)\C=C/C.CC. The van der Waals surface area contributed by atoms with Crippen molar-refractivity contribution < 1.29 is 4.39 Å². The predicted molar refractivity (Wildman–Crippen MR) is 45.6 cm³/mol. The first-order valence-corrected chi connectivity index (χ1v) is 3.42. The number of halogens is 1. The van der Waals surface area contributed by atoms with Crippen molar-refractivity contribution in [1.29, 1.82) is 0 Å². The maximum absolute atomic E-state index is 12.1. The summed E-state index contributed by atoms with van der Waals surface area (Å²) in [6, 6.07) is 0. The Hall–Kier alpha value is -0.850. The van der Waals surface area contributed by atoms with Crippen LogP contribution in [0.3, 0.4) is 0 Å². The number of hydrogen-bond acceptors (Lipinski definition) is 0. The molecule has 0 heterocycles. The van der Waals surface area contributed by atoms with Crippen LogP contribution in [0.15, 0.2) is 36.7 Å². The highest BCUT2D eigenvalue weighted by Gasteiger charge is 1.77. The van der Waals surface area contributed by atoms with E-state index in [1.165, 1.54) is 18.2 Å². The molecule has 0 spiro atoms. The van der Waals surface area contributed by atoms with Gasteiger partial charge in [-0.15, -0.1) is 0 Å². The summed E-state index contributed by atoms with van der Waals surface area (Å²) < 4.78 is 12.1. The molecule has 0 rings (SSSR count). The smallest absolute Gasteiger partial charge is 0.122 e. The Morgan fingerprint density at radius 2 is 1.90 bits per heavy atom. The zero-order valence-corrected chi connectivity index (χ0v) is 6.89.